The van der Waals surface area contributed by atoms with E-state index in [-0.39, 0.29) is 115 Å². The molecule has 105 heavy (non-hydrogen) atoms. The van der Waals surface area contributed by atoms with Crippen LogP contribution < -0.4 is 54.5 Å². The zero-order valence-corrected chi connectivity index (χ0v) is 68.3. The van der Waals surface area contributed by atoms with E-state index in [0.29, 0.717) is 112 Å². The minimum Gasteiger partial charge on any atom is -0.544 e. The standard InChI is InChI=1S/C35H45N3O5S.C25H35NO4S.C10H11ClN2O.C6H3Cl2NO.C4H9N.Na/c1-23-7-9-24(10-8-23)33(40)38(29-22-28(15-17-35(2,3)4)44-31(29)34(41)42)26-11-13-27(14-12-26)43-30-21-25(16-18-36-30)32(39)37-19-5-6-20-37;1-16-5-7-17(8-6-16)23(28)26(18-9-11-19(27)12-10-18)21-15-20(13-14-25(2,3)4)31-22(21)24(29)30;11-9-7-8(3-4-12-9)10(14)13-5-1-2-6-13;7-5-3-4(6(8)10)1-2-9-5;1-2-4-5-3-1;/h16,18,21-24,26-27H,5-14,19-20H2,1-4H3,(H,41,42);15-19,27H,5-12H2,1-4H3,(H,29,30);3-4,7H,1-2,5-6H2;1-3H;5H,1-4H2;/q;;;;;+1/p-1. The molecule has 3 saturated heterocycles. The Balaban J connectivity index is 0.000000215. The number of nitrogens with zero attached hydrogens (tertiary/aromatic N) is 7. The molecule has 4 saturated carbocycles. The van der Waals surface area contributed by atoms with Crippen LogP contribution in [0.2, 0.25) is 10.3 Å². The summed E-state index contributed by atoms with van der Waals surface area (Å²) in [5.74, 6) is 11.9. The van der Waals surface area contributed by atoms with Crippen LogP contribution in [-0.2, 0) is 9.59 Å². The number of aliphatic hydroxyl groups excluding tert-OH is 1. The first-order valence-electron chi connectivity index (χ1n) is 37.0. The molecule has 0 aromatic carbocycles. The largest absolute Gasteiger partial charge is 1.00 e. The van der Waals surface area contributed by atoms with Crippen LogP contribution in [0.5, 0.6) is 5.88 Å². The van der Waals surface area contributed by atoms with Crippen LogP contribution in [0.4, 0.5) is 11.4 Å². The van der Waals surface area contributed by atoms with E-state index >= 15 is 0 Å². The van der Waals surface area contributed by atoms with Gasteiger partial charge in [0.1, 0.15) is 21.3 Å². The second kappa shape index (κ2) is 41.6. The Bertz CT molecular complexity index is 3860. The van der Waals surface area contributed by atoms with Crippen LogP contribution >= 0.6 is 57.5 Å². The third-order valence-corrected chi connectivity index (χ3v) is 22.3. The number of carboxylic acid groups (broad SMARTS) is 2. The van der Waals surface area contributed by atoms with E-state index in [2.05, 4.69) is 57.8 Å². The van der Waals surface area contributed by atoms with E-state index < -0.39 is 17.2 Å². The summed E-state index contributed by atoms with van der Waals surface area (Å²) < 4.78 is 6.26. The molecule has 19 nitrogen and oxygen atoms in total. The number of thiophene rings is 2. The fourth-order valence-electron chi connectivity index (χ4n) is 13.8. The van der Waals surface area contributed by atoms with Crippen molar-refractivity contribution in [2.75, 3.05) is 49.1 Å². The van der Waals surface area contributed by atoms with Gasteiger partial charge in [0.25, 0.3) is 17.1 Å². The number of carbonyl (C=O) groups is 7. The second-order valence-electron chi connectivity index (χ2n) is 30.4. The zero-order valence-electron chi connectivity index (χ0n) is 62.4. The maximum Gasteiger partial charge on any atom is 1.00 e. The molecule has 12 rings (SSSR count). The maximum atomic E-state index is 14.2. The Labute approximate surface area is 665 Å². The van der Waals surface area contributed by atoms with E-state index in [4.69, 9.17) is 39.5 Å². The smallest absolute Gasteiger partial charge is 0.544 e. The summed E-state index contributed by atoms with van der Waals surface area (Å²) in [5.41, 5.74) is 2.04. The minimum absolute atomic E-state index is 0. The number of hydrogen-bond donors (Lipinski definition) is 3. The molecule has 562 valence electrons. The number of rotatable bonds is 13. The van der Waals surface area contributed by atoms with Crippen molar-refractivity contribution in [2.45, 2.75) is 221 Å². The number of hydrogen-bond acceptors (Lipinski definition) is 16. The molecule has 0 bridgehead atoms. The maximum absolute atomic E-state index is 14.2. The van der Waals surface area contributed by atoms with Crippen molar-refractivity contribution in [3.05, 3.63) is 114 Å². The van der Waals surface area contributed by atoms with Crippen molar-refractivity contribution >= 4 is 110 Å². The van der Waals surface area contributed by atoms with E-state index in [1.54, 1.807) is 58.6 Å². The summed E-state index contributed by atoms with van der Waals surface area (Å²) >= 11 is 18.6. The zero-order chi connectivity index (χ0) is 75.3. The topological polar surface area (TPSA) is 256 Å². The molecule has 3 N–H and O–H groups in total. The van der Waals surface area contributed by atoms with Gasteiger partial charge in [-0.15, -0.1) is 22.7 Å². The molecule has 5 aromatic rings. The molecule has 0 atom stereocenters. The molecule has 4 aliphatic carbocycles. The van der Waals surface area contributed by atoms with Gasteiger partial charge in [-0.25, -0.2) is 19.7 Å². The number of carbonyl (C=O) groups excluding carboxylic acids is 6. The number of aliphatic hydroxyl groups is 1. The van der Waals surface area contributed by atoms with E-state index in [9.17, 15) is 48.9 Å². The fraction of sp³-hybridized carbons (Fsp3) is 0.575. The Morgan fingerprint density at radius 2 is 0.962 bits per heavy atom. The predicted octanol–water partition coefficient (Wildman–Crippen LogP) is 12.5. The molecule has 8 heterocycles. The van der Waals surface area contributed by atoms with Crippen molar-refractivity contribution in [3.8, 4) is 29.6 Å². The Kier molecular flexibility index (Phi) is 34.2. The molecule has 0 spiro atoms. The third-order valence-electron chi connectivity index (χ3n) is 19.6. The molecule has 4 amide bonds. The summed E-state index contributed by atoms with van der Waals surface area (Å²) in [6.45, 7) is 22.3. The van der Waals surface area contributed by atoms with Crippen LogP contribution in [0.3, 0.4) is 0 Å². The number of likely N-dealkylation sites (tertiary alicyclic amines) is 2. The second-order valence-corrected chi connectivity index (χ2v) is 33.7. The summed E-state index contributed by atoms with van der Waals surface area (Å²) in [4.78, 5) is 108. The van der Waals surface area contributed by atoms with Gasteiger partial charge in [0.15, 0.2) is 0 Å². The molecular weight excluding hydrogens is 1440 g/mol. The van der Waals surface area contributed by atoms with Crippen LogP contribution in [0, 0.1) is 58.2 Å². The molecule has 7 aliphatic rings. The Hall–Kier alpha value is -5.95. The summed E-state index contributed by atoms with van der Waals surface area (Å²) in [5, 5.41) is 35.6. The average molecular weight is 1550 g/mol. The normalized spacial score (nSPS) is 22.0. The third kappa shape index (κ3) is 27.0. The SMILES string of the molecule is C1CCNC1.CC1CCC(C(=O)N(c2cc(C#CC(C)(C)C)sc2C(=O)O)C2CCC(O)CC2)CC1.CC1CCC(C(=O)N(c2cc(C#CC(C)(C)C)sc2C(=O)[O-])C2CCC(Oc3cc(C(=O)N4CCCC4)ccn3)CC2)CC1.O=C(Cl)c1ccnc(Cl)c1.O=C(c1ccnc(Cl)c1)N1CCCC1.[Na+]. The molecule has 7 fully saturated rings. The molecular formula is C80H102Cl3N8NaO11S2. The molecule has 3 aliphatic heterocycles. The number of pyridine rings is 3. The van der Waals surface area contributed by atoms with E-state index in [1.807, 2.05) is 51.3 Å². The Morgan fingerprint density at radius 1 is 0.562 bits per heavy atom. The monoisotopic (exact) mass is 1540 g/mol. The van der Waals surface area contributed by atoms with Gasteiger partial charge < -0.3 is 49.8 Å². The van der Waals surface area contributed by atoms with Gasteiger partial charge in [-0.1, -0.05) is 60.7 Å². The van der Waals surface area contributed by atoms with Gasteiger partial charge in [-0.2, -0.15) is 0 Å². The summed E-state index contributed by atoms with van der Waals surface area (Å²) in [7, 11) is 0. The van der Waals surface area contributed by atoms with Gasteiger partial charge in [0.2, 0.25) is 17.7 Å². The van der Waals surface area contributed by atoms with Crippen molar-refractivity contribution in [1.82, 2.24) is 30.1 Å². The number of nitrogens with one attached hydrogen (secondary N) is 1. The average Bonchev–Trinajstić information content (AvgIpc) is 1.74. The first kappa shape index (κ1) is 86.3. The molecule has 5 aromatic heterocycles. The summed E-state index contributed by atoms with van der Waals surface area (Å²) in [6, 6.07) is 13.0. The number of aromatic nitrogens is 3. The van der Waals surface area contributed by atoms with Crippen LogP contribution in [0.25, 0.3) is 0 Å². The molecule has 0 unspecified atom stereocenters. The van der Waals surface area contributed by atoms with Crippen LogP contribution in [0.1, 0.15) is 257 Å². The van der Waals surface area contributed by atoms with E-state index in [1.165, 1.54) is 44.3 Å². The number of anilines is 2. The number of aromatic carboxylic acids is 2. The van der Waals surface area contributed by atoms with Crippen LogP contribution in [-0.4, -0.2) is 139 Å². The van der Waals surface area contributed by atoms with Crippen molar-refractivity contribution in [2.24, 2.45) is 34.5 Å². The van der Waals surface area contributed by atoms with Gasteiger partial charge >= 0.3 is 35.5 Å². The first-order chi connectivity index (χ1) is 49.5. The number of ether oxygens (including phenoxy) is 1. The molecule has 0 radical (unpaired) electrons. The molecule has 25 heteroatoms. The fourth-order valence-corrected chi connectivity index (χ4v) is 16.0. The minimum atomic E-state index is -1.28. The number of amides is 4. The van der Waals surface area contributed by atoms with Gasteiger partial charge in [-0.3, -0.25) is 24.0 Å². The summed E-state index contributed by atoms with van der Waals surface area (Å²) in [6.07, 6.45) is 24.0. The van der Waals surface area contributed by atoms with Gasteiger partial charge in [-0.05, 0) is 262 Å². The van der Waals surface area contributed by atoms with Gasteiger partial charge in [0, 0.05) is 102 Å². The van der Waals surface area contributed by atoms with Crippen molar-refractivity contribution in [1.29, 1.82) is 0 Å². The number of carboxylic acids is 2. The number of halogens is 3. The quantitative estimate of drug-likeness (QED) is 0.0429. The van der Waals surface area contributed by atoms with Crippen molar-refractivity contribution in [3.63, 3.8) is 0 Å². The first-order valence-corrected chi connectivity index (χ1v) is 39.7. The van der Waals surface area contributed by atoms with E-state index in [0.717, 1.165) is 126 Å². The van der Waals surface area contributed by atoms with Crippen molar-refractivity contribution < 1.29 is 83.2 Å². The van der Waals surface area contributed by atoms with Gasteiger partial charge in [0.05, 0.1) is 38.1 Å². The predicted molar refractivity (Wildman–Crippen MR) is 410 cm³/mol. The Morgan fingerprint density at radius 3 is 1.35 bits per heavy atom. The van der Waals surface area contributed by atoms with Crippen LogP contribution in [0.15, 0.2) is 67.1 Å².